The van der Waals surface area contributed by atoms with Crippen LogP contribution in [-0.2, 0) is 20.5 Å². The van der Waals surface area contributed by atoms with Gasteiger partial charge in [-0.25, -0.2) is 13.1 Å². The molecule has 6 heteroatoms. The Labute approximate surface area is 108 Å². The Kier molecular flexibility index (Phi) is 5.58. The average molecular weight is 272 g/mol. The Morgan fingerprint density at radius 1 is 1.39 bits per heavy atom. The maximum absolute atomic E-state index is 11.7. The highest BCUT2D eigenvalue weighted by atomic mass is 32.2. The lowest BCUT2D eigenvalue weighted by molar-refractivity contribution is 0.0834. The van der Waals surface area contributed by atoms with Gasteiger partial charge >= 0.3 is 0 Å². The molecule has 0 amide bonds. The third-order valence-electron chi connectivity index (χ3n) is 2.18. The van der Waals surface area contributed by atoms with Crippen LogP contribution < -0.4 is 10.5 Å². The first-order valence-corrected chi connectivity index (χ1v) is 7.47. The fourth-order valence-electron chi connectivity index (χ4n) is 1.45. The highest BCUT2D eigenvalue weighted by Gasteiger charge is 2.11. The van der Waals surface area contributed by atoms with Gasteiger partial charge in [-0.3, -0.25) is 0 Å². The number of hydrogen-bond donors (Lipinski definition) is 2. The number of sulfonamides is 1. The average Bonchev–Trinajstić information content (AvgIpc) is 2.23. The highest BCUT2D eigenvalue weighted by molar-refractivity contribution is 7.88. The van der Waals surface area contributed by atoms with Crippen LogP contribution in [0.25, 0.3) is 0 Å². The molecular weight excluding hydrogens is 252 g/mol. The summed E-state index contributed by atoms with van der Waals surface area (Å²) in [5.74, 6) is -0.0697. The maximum atomic E-state index is 11.7. The zero-order chi connectivity index (χ0) is 13.6. The van der Waals surface area contributed by atoms with Crippen LogP contribution in [0.1, 0.15) is 19.4 Å². The van der Waals surface area contributed by atoms with Gasteiger partial charge in [-0.05, 0) is 31.5 Å². The molecule has 0 heterocycles. The summed E-state index contributed by atoms with van der Waals surface area (Å²) in [6.45, 7) is 4.46. The molecule has 0 unspecified atom stereocenters. The van der Waals surface area contributed by atoms with Crippen molar-refractivity contribution in [1.29, 1.82) is 0 Å². The van der Waals surface area contributed by atoms with Gasteiger partial charge in [0, 0.05) is 12.2 Å². The molecule has 1 aromatic rings. The molecule has 0 aliphatic carbocycles. The molecule has 0 radical (unpaired) electrons. The molecule has 0 aliphatic heterocycles. The normalized spacial score (nSPS) is 11.9. The molecule has 0 aromatic heterocycles. The van der Waals surface area contributed by atoms with E-state index in [4.69, 9.17) is 10.5 Å². The van der Waals surface area contributed by atoms with E-state index in [9.17, 15) is 8.42 Å². The first kappa shape index (κ1) is 14.9. The van der Waals surface area contributed by atoms with E-state index < -0.39 is 10.0 Å². The van der Waals surface area contributed by atoms with E-state index in [-0.39, 0.29) is 18.4 Å². The van der Waals surface area contributed by atoms with Crippen LogP contribution in [0, 0.1) is 0 Å². The van der Waals surface area contributed by atoms with Gasteiger partial charge in [-0.15, -0.1) is 0 Å². The van der Waals surface area contributed by atoms with Crippen LogP contribution in [0.5, 0.6) is 0 Å². The van der Waals surface area contributed by atoms with Crippen LogP contribution in [0.3, 0.4) is 0 Å². The minimum atomic E-state index is -3.33. The molecule has 0 bridgehead atoms. The number of nitrogens with two attached hydrogens (primary N) is 1. The van der Waals surface area contributed by atoms with Gasteiger partial charge in [0.05, 0.1) is 18.5 Å². The second kappa shape index (κ2) is 6.72. The lowest BCUT2D eigenvalue weighted by Gasteiger charge is -2.09. The van der Waals surface area contributed by atoms with Crippen molar-refractivity contribution in [3.05, 3.63) is 29.8 Å². The van der Waals surface area contributed by atoms with E-state index >= 15 is 0 Å². The SMILES string of the molecule is CC(C)OCCNS(=O)(=O)Cc1cccc(N)c1. The molecule has 5 nitrogen and oxygen atoms in total. The third kappa shape index (κ3) is 6.00. The van der Waals surface area contributed by atoms with Crippen LogP contribution in [-0.4, -0.2) is 27.7 Å². The lowest BCUT2D eigenvalue weighted by atomic mass is 10.2. The molecule has 3 N–H and O–H groups in total. The van der Waals surface area contributed by atoms with Gasteiger partial charge in [0.25, 0.3) is 0 Å². The highest BCUT2D eigenvalue weighted by Crippen LogP contribution is 2.09. The van der Waals surface area contributed by atoms with E-state index in [1.54, 1.807) is 24.3 Å². The summed E-state index contributed by atoms with van der Waals surface area (Å²) in [4.78, 5) is 0. The second-order valence-corrected chi connectivity index (χ2v) is 6.12. The van der Waals surface area contributed by atoms with Gasteiger partial charge in [-0.1, -0.05) is 12.1 Å². The topological polar surface area (TPSA) is 81.4 Å². The molecule has 0 spiro atoms. The number of nitrogens with one attached hydrogen (secondary N) is 1. The number of benzene rings is 1. The van der Waals surface area contributed by atoms with E-state index in [0.717, 1.165) is 0 Å². The minimum absolute atomic E-state index is 0.0697. The van der Waals surface area contributed by atoms with Crippen molar-refractivity contribution in [3.63, 3.8) is 0 Å². The molecule has 0 fully saturated rings. The van der Waals surface area contributed by atoms with Gasteiger partial charge in [0.2, 0.25) is 10.0 Å². The van der Waals surface area contributed by atoms with Gasteiger partial charge in [0.1, 0.15) is 0 Å². The zero-order valence-corrected chi connectivity index (χ0v) is 11.5. The zero-order valence-electron chi connectivity index (χ0n) is 10.7. The van der Waals surface area contributed by atoms with E-state index in [0.29, 0.717) is 17.9 Å². The van der Waals surface area contributed by atoms with Crippen molar-refractivity contribution < 1.29 is 13.2 Å². The van der Waals surface area contributed by atoms with Crippen molar-refractivity contribution in [2.75, 3.05) is 18.9 Å². The summed E-state index contributed by atoms with van der Waals surface area (Å²) >= 11 is 0. The fourth-order valence-corrected chi connectivity index (χ4v) is 2.56. The van der Waals surface area contributed by atoms with Gasteiger partial charge < -0.3 is 10.5 Å². The Hall–Kier alpha value is -1.11. The predicted molar refractivity (Wildman–Crippen MR) is 72.6 cm³/mol. The summed E-state index contributed by atoms with van der Waals surface area (Å²) in [5.41, 5.74) is 6.83. The Morgan fingerprint density at radius 2 is 2.11 bits per heavy atom. The van der Waals surface area contributed by atoms with Crippen LogP contribution in [0.4, 0.5) is 5.69 Å². The van der Waals surface area contributed by atoms with Crippen LogP contribution in [0.15, 0.2) is 24.3 Å². The number of anilines is 1. The Bertz CT molecular complexity index is 472. The maximum Gasteiger partial charge on any atom is 0.215 e. The molecule has 1 rings (SSSR count). The first-order chi connectivity index (χ1) is 8.39. The van der Waals surface area contributed by atoms with Gasteiger partial charge in [-0.2, -0.15) is 0 Å². The van der Waals surface area contributed by atoms with Crippen molar-refractivity contribution in [3.8, 4) is 0 Å². The summed E-state index contributed by atoms with van der Waals surface area (Å²) in [7, 11) is -3.33. The lowest BCUT2D eigenvalue weighted by Crippen LogP contribution is -2.29. The molecule has 0 aliphatic rings. The largest absolute Gasteiger partial charge is 0.399 e. The molecule has 102 valence electrons. The van der Waals surface area contributed by atoms with Crippen LogP contribution in [0.2, 0.25) is 0 Å². The minimum Gasteiger partial charge on any atom is -0.399 e. The number of hydrogen-bond acceptors (Lipinski definition) is 4. The first-order valence-electron chi connectivity index (χ1n) is 5.82. The van der Waals surface area contributed by atoms with Crippen molar-refractivity contribution in [2.24, 2.45) is 0 Å². The van der Waals surface area contributed by atoms with Gasteiger partial charge in [0.15, 0.2) is 0 Å². The molecule has 0 saturated heterocycles. The molecular formula is C12H20N2O3S. The van der Waals surface area contributed by atoms with Crippen molar-refractivity contribution >= 4 is 15.7 Å². The summed E-state index contributed by atoms with van der Waals surface area (Å²) in [6.07, 6.45) is 0.100. The fraction of sp³-hybridized carbons (Fsp3) is 0.500. The van der Waals surface area contributed by atoms with E-state index in [2.05, 4.69) is 4.72 Å². The Morgan fingerprint density at radius 3 is 2.72 bits per heavy atom. The predicted octanol–water partition coefficient (Wildman–Crippen LogP) is 1.11. The molecule has 0 atom stereocenters. The third-order valence-corrected chi connectivity index (χ3v) is 3.54. The molecule has 0 saturated carbocycles. The molecule has 18 heavy (non-hydrogen) atoms. The summed E-state index contributed by atoms with van der Waals surface area (Å²) in [6, 6.07) is 6.85. The van der Waals surface area contributed by atoms with Crippen LogP contribution >= 0.6 is 0 Å². The van der Waals surface area contributed by atoms with E-state index in [1.807, 2.05) is 13.8 Å². The van der Waals surface area contributed by atoms with Crippen molar-refractivity contribution in [2.45, 2.75) is 25.7 Å². The smallest absolute Gasteiger partial charge is 0.215 e. The quantitative estimate of drug-likeness (QED) is 0.575. The number of nitrogen functional groups attached to an aromatic ring is 1. The molecule has 1 aromatic carbocycles. The number of rotatable bonds is 7. The Balaban J connectivity index is 2.45. The summed E-state index contributed by atoms with van der Waals surface area (Å²) in [5, 5.41) is 0. The monoisotopic (exact) mass is 272 g/mol. The van der Waals surface area contributed by atoms with Crippen molar-refractivity contribution in [1.82, 2.24) is 4.72 Å². The standard InChI is InChI=1S/C12H20N2O3S/c1-10(2)17-7-6-14-18(15,16)9-11-4-3-5-12(13)8-11/h3-5,8,10,14H,6-7,9,13H2,1-2H3. The van der Waals surface area contributed by atoms with E-state index in [1.165, 1.54) is 0 Å². The second-order valence-electron chi connectivity index (χ2n) is 4.32. The summed E-state index contributed by atoms with van der Waals surface area (Å²) < 4.78 is 31.2. The number of ether oxygens (including phenoxy) is 1.